The molecule has 12 heteroatoms. The lowest BCUT2D eigenvalue weighted by Crippen LogP contribution is -2.40. The number of rotatable bonds is 5. The van der Waals surface area contributed by atoms with Crippen LogP contribution in [-0.4, -0.2) is 50.5 Å². The molecule has 1 amide bonds. The first-order valence-corrected chi connectivity index (χ1v) is 11.0. The summed E-state index contributed by atoms with van der Waals surface area (Å²) >= 11 is 5.78. The van der Waals surface area contributed by atoms with Gasteiger partial charge in [-0.15, -0.1) is 0 Å². The van der Waals surface area contributed by atoms with Crippen molar-refractivity contribution < 1.29 is 27.3 Å². The average molecular weight is 466 g/mol. The minimum atomic E-state index is -4.30. The van der Waals surface area contributed by atoms with Crippen molar-refractivity contribution in [2.45, 2.75) is 4.90 Å². The highest BCUT2D eigenvalue weighted by Gasteiger charge is 2.30. The minimum absolute atomic E-state index is 0.0373. The second-order valence-corrected chi connectivity index (χ2v) is 8.77. The summed E-state index contributed by atoms with van der Waals surface area (Å²) in [5, 5.41) is 11.3. The fourth-order valence-electron chi connectivity index (χ4n) is 3.20. The molecule has 0 atom stereocenters. The van der Waals surface area contributed by atoms with Gasteiger partial charge >= 0.3 is 0 Å². The molecule has 2 aromatic carbocycles. The van der Waals surface area contributed by atoms with E-state index in [-0.39, 0.29) is 21.4 Å². The molecular formula is C19H16ClN3O7S. The number of hydrogen-bond acceptors (Lipinski definition) is 7. The third kappa shape index (κ3) is 4.07. The standard InChI is InChI=1S/C19H16ClN3O7S/c20-14-6-5-12(11-15(14)23(25)26)31(27,28)21-17-13-3-1-2-4-16(13)30-18(17)19(24)22-7-9-29-10-8-22/h1-6,11,21H,7-10H2. The normalized spacial score (nSPS) is 14.5. The van der Waals surface area contributed by atoms with Gasteiger partial charge in [-0.1, -0.05) is 23.7 Å². The second kappa shape index (κ2) is 8.17. The van der Waals surface area contributed by atoms with E-state index < -0.39 is 26.5 Å². The zero-order chi connectivity index (χ0) is 22.2. The molecule has 1 aliphatic rings. The summed E-state index contributed by atoms with van der Waals surface area (Å²) in [6.45, 7) is 1.40. The average Bonchev–Trinajstić information content (AvgIpc) is 3.11. The highest BCUT2D eigenvalue weighted by molar-refractivity contribution is 7.92. The number of ether oxygens (including phenoxy) is 1. The number of halogens is 1. The van der Waals surface area contributed by atoms with Gasteiger partial charge in [-0.3, -0.25) is 19.6 Å². The molecule has 10 nitrogen and oxygen atoms in total. The lowest BCUT2D eigenvalue weighted by atomic mass is 10.2. The van der Waals surface area contributed by atoms with Crippen LogP contribution in [0.4, 0.5) is 11.4 Å². The van der Waals surface area contributed by atoms with E-state index in [4.69, 9.17) is 20.8 Å². The lowest BCUT2D eigenvalue weighted by molar-refractivity contribution is -0.384. The Kier molecular flexibility index (Phi) is 5.56. The highest BCUT2D eigenvalue weighted by Crippen LogP contribution is 2.34. The minimum Gasteiger partial charge on any atom is -0.449 e. The molecule has 31 heavy (non-hydrogen) atoms. The predicted octanol–water partition coefficient (Wildman–Crippen LogP) is 3.27. The Morgan fingerprint density at radius 3 is 2.58 bits per heavy atom. The molecule has 0 unspecified atom stereocenters. The van der Waals surface area contributed by atoms with E-state index in [1.165, 1.54) is 4.90 Å². The largest absolute Gasteiger partial charge is 0.449 e. The Labute approximate surface area is 181 Å². The molecule has 0 radical (unpaired) electrons. The number of nitrogens with one attached hydrogen (secondary N) is 1. The van der Waals surface area contributed by atoms with Gasteiger partial charge in [0.05, 0.1) is 23.0 Å². The molecule has 1 fully saturated rings. The predicted molar refractivity (Wildman–Crippen MR) is 112 cm³/mol. The summed E-state index contributed by atoms with van der Waals surface area (Å²) in [5.74, 6) is -0.658. The van der Waals surface area contributed by atoms with Crippen LogP contribution in [0.5, 0.6) is 0 Å². The van der Waals surface area contributed by atoms with E-state index in [1.807, 2.05) is 0 Å². The Morgan fingerprint density at radius 2 is 1.87 bits per heavy atom. The molecule has 3 aromatic rings. The van der Waals surface area contributed by atoms with Gasteiger partial charge < -0.3 is 14.1 Å². The summed E-state index contributed by atoms with van der Waals surface area (Å²) in [7, 11) is -4.30. The number of sulfonamides is 1. The highest BCUT2D eigenvalue weighted by atomic mass is 35.5. The van der Waals surface area contributed by atoms with Crippen molar-refractivity contribution in [2.24, 2.45) is 0 Å². The monoisotopic (exact) mass is 465 g/mol. The topological polar surface area (TPSA) is 132 Å². The zero-order valence-electron chi connectivity index (χ0n) is 15.9. The number of furan rings is 1. The van der Waals surface area contributed by atoms with Crippen LogP contribution in [0.15, 0.2) is 51.8 Å². The molecule has 0 spiro atoms. The van der Waals surface area contributed by atoms with E-state index in [2.05, 4.69) is 4.72 Å². The summed E-state index contributed by atoms with van der Waals surface area (Å²) in [5.41, 5.74) is -0.269. The first kappa shape index (κ1) is 21.1. The van der Waals surface area contributed by atoms with Crippen molar-refractivity contribution in [2.75, 3.05) is 31.0 Å². The van der Waals surface area contributed by atoms with Crippen LogP contribution in [0.2, 0.25) is 5.02 Å². The summed E-state index contributed by atoms with van der Waals surface area (Å²) in [4.78, 5) is 24.5. The van der Waals surface area contributed by atoms with Gasteiger partial charge in [0.1, 0.15) is 16.3 Å². The van der Waals surface area contributed by atoms with Crippen molar-refractivity contribution in [1.29, 1.82) is 0 Å². The maximum Gasteiger partial charge on any atom is 0.291 e. The van der Waals surface area contributed by atoms with Crippen LogP contribution in [0.1, 0.15) is 10.6 Å². The van der Waals surface area contributed by atoms with Gasteiger partial charge in [0.15, 0.2) is 0 Å². The fraction of sp³-hybridized carbons (Fsp3) is 0.211. The number of amides is 1. The Morgan fingerprint density at radius 1 is 1.16 bits per heavy atom. The van der Waals surface area contributed by atoms with Gasteiger partial charge in [0.2, 0.25) is 5.76 Å². The number of para-hydroxylation sites is 1. The molecule has 0 bridgehead atoms. The van der Waals surface area contributed by atoms with Crippen LogP contribution in [-0.2, 0) is 14.8 Å². The molecule has 4 rings (SSSR count). The molecule has 1 aliphatic heterocycles. The summed E-state index contributed by atoms with van der Waals surface area (Å²) in [6.07, 6.45) is 0. The lowest BCUT2D eigenvalue weighted by Gasteiger charge is -2.26. The van der Waals surface area contributed by atoms with E-state index in [0.29, 0.717) is 37.3 Å². The number of anilines is 1. The number of nitro groups is 1. The van der Waals surface area contributed by atoms with Gasteiger partial charge in [-0.25, -0.2) is 8.42 Å². The summed E-state index contributed by atoms with van der Waals surface area (Å²) < 4.78 is 39.3. The van der Waals surface area contributed by atoms with E-state index in [9.17, 15) is 23.3 Å². The Hall–Kier alpha value is -3.15. The second-order valence-electron chi connectivity index (χ2n) is 6.68. The number of nitro benzene ring substituents is 1. The molecule has 162 valence electrons. The molecular weight excluding hydrogens is 450 g/mol. The van der Waals surface area contributed by atoms with E-state index in [1.54, 1.807) is 24.3 Å². The van der Waals surface area contributed by atoms with Crippen molar-refractivity contribution in [3.8, 4) is 0 Å². The number of nitrogens with zero attached hydrogens (tertiary/aromatic N) is 2. The number of carbonyl (C=O) groups excluding carboxylic acids is 1. The van der Waals surface area contributed by atoms with Gasteiger partial charge in [-0.2, -0.15) is 0 Å². The number of hydrogen-bond donors (Lipinski definition) is 1. The molecule has 2 heterocycles. The number of carbonyl (C=O) groups is 1. The van der Waals surface area contributed by atoms with Crippen LogP contribution >= 0.6 is 11.6 Å². The SMILES string of the molecule is O=C(c1oc2ccccc2c1NS(=O)(=O)c1ccc(Cl)c([N+](=O)[O-])c1)N1CCOCC1. The van der Waals surface area contributed by atoms with Crippen molar-refractivity contribution >= 4 is 49.9 Å². The molecule has 1 saturated heterocycles. The van der Waals surface area contributed by atoms with Crippen molar-refractivity contribution in [1.82, 2.24) is 4.90 Å². The molecule has 1 aromatic heterocycles. The van der Waals surface area contributed by atoms with Crippen LogP contribution < -0.4 is 4.72 Å². The van der Waals surface area contributed by atoms with Gasteiger partial charge in [0.25, 0.3) is 21.6 Å². The fourth-order valence-corrected chi connectivity index (χ4v) is 4.49. The number of fused-ring (bicyclic) bond motifs is 1. The van der Waals surface area contributed by atoms with E-state index in [0.717, 1.165) is 18.2 Å². The third-order valence-corrected chi connectivity index (χ3v) is 6.42. The van der Waals surface area contributed by atoms with Crippen molar-refractivity contribution in [3.05, 3.63) is 63.4 Å². The molecule has 0 aliphatic carbocycles. The Balaban J connectivity index is 1.78. The zero-order valence-corrected chi connectivity index (χ0v) is 17.5. The number of benzene rings is 2. The van der Waals surface area contributed by atoms with Crippen molar-refractivity contribution in [3.63, 3.8) is 0 Å². The van der Waals surface area contributed by atoms with Gasteiger partial charge in [0, 0.05) is 24.5 Å². The van der Waals surface area contributed by atoms with Crippen LogP contribution in [0.3, 0.4) is 0 Å². The Bertz CT molecular complexity index is 1280. The molecule has 0 saturated carbocycles. The maximum atomic E-state index is 13.0. The van der Waals surface area contributed by atoms with Crippen LogP contribution in [0.25, 0.3) is 11.0 Å². The number of morpholine rings is 1. The summed E-state index contributed by atoms with van der Waals surface area (Å²) in [6, 6.07) is 9.70. The van der Waals surface area contributed by atoms with Gasteiger partial charge in [-0.05, 0) is 24.3 Å². The van der Waals surface area contributed by atoms with Crippen LogP contribution in [0, 0.1) is 10.1 Å². The van der Waals surface area contributed by atoms with E-state index >= 15 is 0 Å². The first-order chi connectivity index (χ1) is 14.8. The third-order valence-electron chi connectivity index (χ3n) is 4.75. The maximum absolute atomic E-state index is 13.0. The smallest absolute Gasteiger partial charge is 0.291 e. The molecule has 1 N–H and O–H groups in total. The quantitative estimate of drug-likeness (QED) is 0.451. The first-order valence-electron chi connectivity index (χ1n) is 9.13.